The van der Waals surface area contributed by atoms with E-state index in [9.17, 15) is 77.6 Å². The van der Waals surface area contributed by atoms with E-state index >= 15 is 0 Å². The average Bonchev–Trinajstić information content (AvgIpc) is 4.08. The minimum atomic E-state index is -1.68. The third-order valence-electron chi connectivity index (χ3n) is 13.9. The highest BCUT2D eigenvalue weighted by molar-refractivity contribution is 5.99. The van der Waals surface area contributed by atoms with Gasteiger partial charge in [-0.25, -0.2) is 4.79 Å². The van der Waals surface area contributed by atoms with Crippen LogP contribution in [0.3, 0.4) is 0 Å². The highest BCUT2D eigenvalue weighted by Gasteiger charge is 2.44. The molecule has 12 atom stereocenters. The minimum Gasteiger partial charge on any atom is -0.481 e. The maximum atomic E-state index is 14.4. The molecule has 440 valence electrons. The Morgan fingerprint density at radius 1 is 0.538 bits per heavy atom. The summed E-state index contributed by atoms with van der Waals surface area (Å²) in [5.74, 6) is -14.4. The summed E-state index contributed by atoms with van der Waals surface area (Å²) in [5, 5.41) is 56.0. The van der Waals surface area contributed by atoms with Crippen molar-refractivity contribution >= 4 is 77.0 Å². The maximum Gasteiger partial charge on any atom is 0.326 e. The lowest BCUT2D eigenvalue weighted by Crippen LogP contribution is -2.62. The Kier molecular flexibility index (Phi) is 27.6. The zero-order chi connectivity index (χ0) is 59.3. The minimum absolute atomic E-state index is 0.0157. The topological polar surface area (TPSA) is 446 Å². The van der Waals surface area contributed by atoms with E-state index in [-0.39, 0.29) is 44.7 Å². The fourth-order valence-electron chi connectivity index (χ4n) is 8.96. The van der Waals surface area contributed by atoms with Gasteiger partial charge in [0, 0.05) is 25.9 Å². The van der Waals surface area contributed by atoms with Crippen LogP contribution in [0.5, 0.6) is 0 Å². The molecular formula is C50H83N11O17. The van der Waals surface area contributed by atoms with E-state index in [1.165, 1.54) is 9.80 Å². The SMILES string of the molecule is CC[C@H](C)[C@H](NC(=O)[C@H](CO)NC(=O)[C@@H]1CCCN1C(=O)[C@@H](NC(=O)[C@@H]1CCCN1C(=O)[C@H](CCC(=O)O)NC(=O)[C@@H](NC(=O)[C@@H](N)CCC(=O)O)[C@@H](C)CC)C(C)C)C(=O)N[C@@H](CC(C)C)C(=O)N[C@@H](CC(N)=O)C(=O)O. The lowest BCUT2D eigenvalue weighted by atomic mass is 9.96. The van der Waals surface area contributed by atoms with Crippen molar-refractivity contribution in [3.63, 3.8) is 0 Å². The van der Waals surface area contributed by atoms with Crippen molar-refractivity contribution in [2.45, 2.75) is 193 Å². The van der Waals surface area contributed by atoms with Crippen LogP contribution in [0, 0.1) is 23.7 Å². The predicted molar refractivity (Wildman–Crippen MR) is 276 cm³/mol. The molecule has 2 fully saturated rings. The molecule has 0 aliphatic carbocycles. The number of nitrogens with one attached hydrogen (secondary N) is 7. The van der Waals surface area contributed by atoms with E-state index in [0.717, 1.165) is 0 Å². The molecule has 0 aromatic carbocycles. The van der Waals surface area contributed by atoms with Gasteiger partial charge in [-0.1, -0.05) is 68.2 Å². The van der Waals surface area contributed by atoms with Gasteiger partial charge in [0.1, 0.15) is 54.4 Å². The standard InChI is InChI=1S/C50H83N11O17/c1-9-26(7)39(58-41(68)28(51)15-17-36(64)65)46(73)53-29(16-18-37(66)67)48(75)60-19-11-14-34(60)45(72)57-38(25(5)6)49(76)61-20-12-13-33(61)44(71)56-32(23-62)43(70)59-40(27(8)10-2)47(74)54-30(21-24(3)4)42(69)55-31(50(77)78)22-35(52)63/h24-34,38-40,62H,9-23,51H2,1-8H3,(H2,52,63)(H,53,73)(H,54,74)(H,55,69)(H,56,71)(H,57,72)(H,58,68)(H,59,70)(H,64,65)(H,66,67)(H,77,78)/t26-,27-,28-,29-,30-,31-,32-,33-,34-,38-,39-,40-/m0/s1. The van der Waals surface area contributed by atoms with Crippen molar-refractivity contribution in [3.05, 3.63) is 0 Å². The van der Waals surface area contributed by atoms with E-state index in [4.69, 9.17) is 16.6 Å². The number of aliphatic hydroxyl groups is 1. The fraction of sp³-hybridized carbons (Fsp3) is 0.740. The van der Waals surface area contributed by atoms with Crippen molar-refractivity contribution in [3.8, 4) is 0 Å². The van der Waals surface area contributed by atoms with E-state index in [1.54, 1.807) is 55.4 Å². The van der Waals surface area contributed by atoms with Crippen LogP contribution in [-0.4, -0.2) is 187 Å². The summed E-state index contributed by atoms with van der Waals surface area (Å²) in [6, 6.07) is -13.7. The second kappa shape index (κ2) is 32.1. The van der Waals surface area contributed by atoms with Crippen LogP contribution in [0.15, 0.2) is 0 Å². The van der Waals surface area contributed by atoms with Crippen LogP contribution in [0.4, 0.5) is 0 Å². The second-order valence-corrected chi connectivity index (χ2v) is 20.9. The number of amides is 10. The van der Waals surface area contributed by atoms with Gasteiger partial charge in [0.15, 0.2) is 0 Å². The summed E-state index contributed by atoms with van der Waals surface area (Å²) in [7, 11) is 0. The zero-order valence-corrected chi connectivity index (χ0v) is 45.8. The Labute approximate surface area is 453 Å². The smallest absolute Gasteiger partial charge is 0.326 e. The van der Waals surface area contributed by atoms with Crippen LogP contribution in [-0.2, 0) is 62.3 Å². The lowest BCUT2D eigenvalue weighted by molar-refractivity contribution is -0.146. The number of carbonyl (C=O) groups excluding carboxylic acids is 10. The van der Waals surface area contributed by atoms with E-state index in [2.05, 4.69) is 37.2 Å². The van der Waals surface area contributed by atoms with Crippen molar-refractivity contribution < 1.29 is 82.8 Å². The Hall–Kier alpha value is -6.97. The zero-order valence-electron chi connectivity index (χ0n) is 45.8. The number of hydrogen-bond acceptors (Lipinski definition) is 15. The van der Waals surface area contributed by atoms with Gasteiger partial charge < -0.3 is 78.9 Å². The number of nitrogens with zero attached hydrogens (tertiary/aromatic N) is 2. The molecule has 10 amide bonds. The molecule has 28 nitrogen and oxygen atoms in total. The summed E-state index contributed by atoms with van der Waals surface area (Å²) in [6.45, 7) is 12.6. The summed E-state index contributed by atoms with van der Waals surface area (Å²) in [6.07, 6.45) is -0.758. The molecule has 78 heavy (non-hydrogen) atoms. The Morgan fingerprint density at radius 2 is 0.987 bits per heavy atom. The molecule has 0 saturated carbocycles. The van der Waals surface area contributed by atoms with Crippen LogP contribution in [0.1, 0.15) is 132 Å². The molecule has 2 rings (SSSR count). The molecule has 0 unspecified atom stereocenters. The molecular weight excluding hydrogens is 1030 g/mol. The fourth-order valence-corrected chi connectivity index (χ4v) is 8.96. The van der Waals surface area contributed by atoms with Gasteiger partial charge in [-0.2, -0.15) is 0 Å². The maximum absolute atomic E-state index is 14.4. The number of carboxylic acids is 3. The molecule has 2 aliphatic heterocycles. The van der Waals surface area contributed by atoms with Gasteiger partial charge in [0.25, 0.3) is 0 Å². The van der Waals surface area contributed by atoms with E-state index in [1.807, 2.05) is 0 Å². The number of rotatable bonds is 33. The van der Waals surface area contributed by atoms with Crippen molar-refractivity contribution in [2.75, 3.05) is 19.7 Å². The number of primary amides is 1. The first-order chi connectivity index (χ1) is 36.5. The van der Waals surface area contributed by atoms with Crippen molar-refractivity contribution in [1.82, 2.24) is 47.0 Å². The normalized spacial score (nSPS) is 19.1. The van der Waals surface area contributed by atoms with E-state index in [0.29, 0.717) is 25.7 Å². The summed E-state index contributed by atoms with van der Waals surface area (Å²) >= 11 is 0. The first-order valence-electron chi connectivity index (χ1n) is 26.5. The number of nitrogens with two attached hydrogens (primary N) is 2. The summed E-state index contributed by atoms with van der Waals surface area (Å²) in [4.78, 5) is 173. The van der Waals surface area contributed by atoms with Crippen LogP contribution in [0.25, 0.3) is 0 Å². The number of carboxylic acid groups (broad SMARTS) is 3. The number of carbonyl (C=O) groups is 13. The predicted octanol–water partition coefficient (Wildman–Crippen LogP) is -2.83. The van der Waals surface area contributed by atoms with Crippen molar-refractivity contribution in [2.24, 2.45) is 35.1 Å². The van der Waals surface area contributed by atoms with Gasteiger partial charge in [0.2, 0.25) is 59.1 Å². The molecule has 2 saturated heterocycles. The third kappa shape index (κ3) is 20.4. The second-order valence-electron chi connectivity index (χ2n) is 20.9. The van der Waals surface area contributed by atoms with Crippen LogP contribution in [0.2, 0.25) is 0 Å². The Balaban J connectivity index is 2.29. The first kappa shape index (κ1) is 67.1. The van der Waals surface area contributed by atoms with Crippen LogP contribution >= 0.6 is 0 Å². The summed E-state index contributed by atoms with van der Waals surface area (Å²) in [5.41, 5.74) is 11.0. The lowest BCUT2D eigenvalue weighted by Gasteiger charge is -2.34. The molecule has 28 heteroatoms. The van der Waals surface area contributed by atoms with Gasteiger partial charge in [-0.3, -0.25) is 57.5 Å². The molecule has 0 radical (unpaired) electrons. The van der Waals surface area contributed by atoms with Gasteiger partial charge >= 0.3 is 17.9 Å². The molecule has 2 aliphatic rings. The highest BCUT2D eigenvalue weighted by atomic mass is 16.4. The third-order valence-corrected chi connectivity index (χ3v) is 13.9. The monoisotopic (exact) mass is 1110 g/mol. The number of aliphatic carboxylic acids is 3. The van der Waals surface area contributed by atoms with Crippen LogP contribution < -0.4 is 48.7 Å². The van der Waals surface area contributed by atoms with Gasteiger partial charge in [-0.15, -0.1) is 0 Å². The van der Waals surface area contributed by atoms with Gasteiger partial charge in [-0.05, 0) is 68.6 Å². The molecule has 0 bridgehead atoms. The summed E-state index contributed by atoms with van der Waals surface area (Å²) < 4.78 is 0. The van der Waals surface area contributed by atoms with E-state index < -0.39 is 187 Å². The molecule has 0 spiro atoms. The molecule has 15 N–H and O–H groups in total. The Bertz CT molecular complexity index is 2180. The van der Waals surface area contributed by atoms with Crippen molar-refractivity contribution in [1.29, 1.82) is 0 Å². The Morgan fingerprint density at radius 3 is 1.44 bits per heavy atom. The van der Waals surface area contributed by atoms with Gasteiger partial charge in [0.05, 0.1) is 19.1 Å². The largest absolute Gasteiger partial charge is 0.481 e. The molecule has 0 aromatic heterocycles. The molecule has 2 heterocycles. The molecule has 0 aromatic rings. The highest BCUT2D eigenvalue weighted by Crippen LogP contribution is 2.24. The number of hydrogen-bond donors (Lipinski definition) is 13. The number of likely N-dealkylation sites (tertiary alicyclic amines) is 2. The number of aliphatic hydroxyl groups excluding tert-OH is 1. The average molecular weight is 1110 g/mol. The quantitative estimate of drug-likeness (QED) is 0.0315. The first-order valence-corrected chi connectivity index (χ1v) is 26.5.